The van der Waals surface area contributed by atoms with Crippen molar-refractivity contribution < 1.29 is 38.1 Å². The zero-order valence-corrected chi connectivity index (χ0v) is 24.9. The van der Waals surface area contributed by atoms with Gasteiger partial charge in [0.15, 0.2) is 0 Å². The van der Waals surface area contributed by atoms with Crippen molar-refractivity contribution in [1.29, 1.82) is 0 Å². The zero-order chi connectivity index (χ0) is 27.3. The second-order valence-corrected chi connectivity index (χ2v) is 14.6. The monoisotopic (exact) mass is 562 g/mol. The molecule has 0 aliphatic carbocycles. The van der Waals surface area contributed by atoms with E-state index < -0.39 is 30.8 Å². The number of carbonyl (C=O) groups is 4. The maximum absolute atomic E-state index is 13.5. The van der Waals surface area contributed by atoms with Crippen LogP contribution in [-0.4, -0.2) is 76.1 Å². The highest BCUT2D eigenvalue weighted by molar-refractivity contribution is 8.29. The molecule has 0 aromatic heterocycles. The van der Waals surface area contributed by atoms with Gasteiger partial charge in [0, 0.05) is 0 Å². The lowest BCUT2D eigenvalue weighted by Crippen LogP contribution is -2.28. The fourth-order valence-corrected chi connectivity index (χ4v) is 11.9. The molecule has 1 heterocycles. The van der Waals surface area contributed by atoms with Crippen LogP contribution >= 0.6 is 30.4 Å². The maximum atomic E-state index is 13.5. The molecule has 0 amide bonds. The van der Waals surface area contributed by atoms with Gasteiger partial charge < -0.3 is 18.9 Å². The molecular formula is C25H39O8PS2. The van der Waals surface area contributed by atoms with Gasteiger partial charge in [0.1, 0.15) is 9.81 Å². The second kappa shape index (κ2) is 16.3. The molecule has 1 aliphatic heterocycles. The van der Waals surface area contributed by atoms with Crippen molar-refractivity contribution in [2.24, 2.45) is 0 Å². The van der Waals surface area contributed by atoms with E-state index in [4.69, 9.17) is 18.9 Å². The molecule has 204 valence electrons. The molecule has 11 heteroatoms. The Balaban J connectivity index is 4.11. The highest BCUT2D eigenvalue weighted by Crippen LogP contribution is 2.57. The van der Waals surface area contributed by atoms with E-state index in [-0.39, 0.29) is 15.4 Å². The van der Waals surface area contributed by atoms with Crippen molar-refractivity contribution in [2.45, 2.75) is 59.3 Å². The summed E-state index contributed by atoms with van der Waals surface area (Å²) in [5, 5.41) is 0.359. The molecule has 1 aliphatic rings. The van der Waals surface area contributed by atoms with Crippen LogP contribution in [0.4, 0.5) is 0 Å². The van der Waals surface area contributed by atoms with Gasteiger partial charge >= 0.3 is 23.9 Å². The van der Waals surface area contributed by atoms with Gasteiger partial charge in [0.25, 0.3) is 0 Å². The molecule has 1 rings (SSSR count). The highest BCUT2D eigenvalue weighted by Gasteiger charge is 2.40. The van der Waals surface area contributed by atoms with E-state index in [1.54, 1.807) is 0 Å². The molecule has 0 radical (unpaired) electrons. The Morgan fingerprint density at radius 1 is 0.639 bits per heavy atom. The van der Waals surface area contributed by atoms with Crippen molar-refractivity contribution in [3.8, 4) is 0 Å². The summed E-state index contributed by atoms with van der Waals surface area (Å²) in [6.45, 7) is 4.10. The third-order valence-electron chi connectivity index (χ3n) is 5.84. The average Bonchev–Trinajstić information content (AvgIpc) is 3.34. The number of esters is 4. The van der Waals surface area contributed by atoms with Gasteiger partial charge in [0.2, 0.25) is 0 Å². The van der Waals surface area contributed by atoms with Gasteiger partial charge in [-0.2, -0.15) is 0 Å². The molecule has 36 heavy (non-hydrogen) atoms. The van der Waals surface area contributed by atoms with Gasteiger partial charge in [0.05, 0.1) is 43.5 Å². The molecule has 0 unspecified atom stereocenters. The van der Waals surface area contributed by atoms with E-state index in [0.29, 0.717) is 9.53 Å². The summed E-state index contributed by atoms with van der Waals surface area (Å²) in [5.41, 5.74) is 0.0799. The smallest absolute Gasteiger partial charge is 0.346 e. The van der Waals surface area contributed by atoms with Crippen molar-refractivity contribution in [2.75, 3.05) is 46.9 Å². The van der Waals surface area contributed by atoms with E-state index in [0.717, 1.165) is 80.5 Å². The number of carbonyl (C=O) groups excluding carboxylic acids is 4. The Morgan fingerprint density at radius 2 is 1.03 bits per heavy atom. The van der Waals surface area contributed by atoms with Crippen LogP contribution in [0.1, 0.15) is 59.3 Å². The lowest BCUT2D eigenvalue weighted by atomic mass is 10.2. The highest BCUT2D eigenvalue weighted by atomic mass is 32.2. The SMILES string of the molecule is CCCCP(CCCC)(CCCC)=C(C(=O)OC)C(C(=O)OC)=C1SC(C(=O)OC)=C(C(=O)OC)S1. The summed E-state index contributed by atoms with van der Waals surface area (Å²) in [4.78, 5) is 51.9. The fraction of sp³-hybridized carbons (Fsp3) is 0.640. The van der Waals surface area contributed by atoms with E-state index in [9.17, 15) is 19.2 Å². The number of hydrogen-bond acceptors (Lipinski definition) is 10. The summed E-state index contributed by atoms with van der Waals surface area (Å²) >= 11 is 1.85. The second-order valence-electron chi connectivity index (χ2n) is 8.22. The fourth-order valence-electron chi connectivity index (χ4n) is 3.92. The minimum atomic E-state index is -2.20. The van der Waals surface area contributed by atoms with Crippen molar-refractivity contribution >= 4 is 59.6 Å². The summed E-state index contributed by atoms with van der Waals surface area (Å²) < 4.78 is 20.5. The van der Waals surface area contributed by atoms with Crippen LogP contribution in [0.15, 0.2) is 19.6 Å². The van der Waals surface area contributed by atoms with Crippen LogP contribution in [-0.2, 0) is 38.1 Å². The minimum Gasteiger partial charge on any atom is -0.465 e. The van der Waals surface area contributed by atoms with Crippen LogP contribution in [0.3, 0.4) is 0 Å². The van der Waals surface area contributed by atoms with Crippen LogP contribution in [0.25, 0.3) is 0 Å². The average molecular weight is 563 g/mol. The molecule has 8 nitrogen and oxygen atoms in total. The first-order chi connectivity index (χ1) is 17.2. The van der Waals surface area contributed by atoms with Crippen LogP contribution in [0, 0.1) is 0 Å². The van der Waals surface area contributed by atoms with Gasteiger partial charge in [-0.25, -0.2) is 19.2 Å². The third-order valence-corrected chi connectivity index (χ3v) is 13.3. The van der Waals surface area contributed by atoms with E-state index in [1.807, 2.05) is 0 Å². The molecule has 0 fully saturated rings. The standard InChI is InChI=1S/C25H39O8PS2/c1-8-11-14-34(15-12-9-2,16-13-10-3)18(22(27)31-5)17(21(26)30-4)25-35-19(23(28)32-6)20(36-25)24(29)33-7/h8-16H2,1-7H3. The van der Waals surface area contributed by atoms with Crippen LogP contribution in [0.2, 0.25) is 0 Å². The summed E-state index contributed by atoms with van der Waals surface area (Å²) in [6, 6.07) is 0. The molecule has 0 saturated heterocycles. The van der Waals surface area contributed by atoms with Gasteiger partial charge in [-0.05, 0) is 37.7 Å². The number of methoxy groups -OCH3 is 4. The molecule has 0 aromatic carbocycles. The third kappa shape index (κ3) is 7.93. The number of thioether (sulfide) groups is 2. The Morgan fingerprint density at radius 3 is 1.33 bits per heavy atom. The summed E-state index contributed by atoms with van der Waals surface area (Å²) in [7, 11) is 4.98. The van der Waals surface area contributed by atoms with Crippen molar-refractivity contribution in [3.05, 3.63) is 19.6 Å². The largest absolute Gasteiger partial charge is 0.465 e. The first kappa shape index (κ1) is 32.4. The number of rotatable bonds is 14. The Labute approximate surface area is 223 Å². The first-order valence-electron chi connectivity index (χ1n) is 12.1. The summed E-state index contributed by atoms with van der Waals surface area (Å²) in [5.74, 6) is -2.71. The van der Waals surface area contributed by atoms with Crippen LogP contribution < -0.4 is 0 Å². The van der Waals surface area contributed by atoms with Gasteiger partial charge in [-0.1, -0.05) is 70.4 Å². The lowest BCUT2D eigenvalue weighted by molar-refractivity contribution is -0.138. The Hall–Kier alpha value is -1.64. The normalized spacial score (nSPS) is 13.4. The first-order valence-corrected chi connectivity index (χ1v) is 16.1. The molecule has 0 aromatic rings. The van der Waals surface area contributed by atoms with Gasteiger partial charge in [-0.15, -0.1) is 0 Å². The maximum Gasteiger partial charge on any atom is 0.346 e. The molecule has 0 bridgehead atoms. The quantitative estimate of drug-likeness (QED) is 0.122. The zero-order valence-electron chi connectivity index (χ0n) is 22.4. The molecular weight excluding hydrogens is 523 g/mol. The molecule has 0 saturated carbocycles. The predicted molar refractivity (Wildman–Crippen MR) is 149 cm³/mol. The Kier molecular flexibility index (Phi) is 14.6. The predicted octanol–water partition coefficient (Wildman–Crippen LogP) is 5.17. The van der Waals surface area contributed by atoms with E-state index in [2.05, 4.69) is 20.8 Å². The lowest BCUT2D eigenvalue weighted by Gasteiger charge is -2.31. The van der Waals surface area contributed by atoms with E-state index in [1.165, 1.54) is 28.4 Å². The van der Waals surface area contributed by atoms with Gasteiger partial charge in [-0.3, -0.25) is 0 Å². The minimum absolute atomic E-state index is 0.00887. The molecule has 0 N–H and O–H groups in total. The molecule has 0 atom stereocenters. The van der Waals surface area contributed by atoms with Crippen molar-refractivity contribution in [3.63, 3.8) is 0 Å². The topological polar surface area (TPSA) is 105 Å². The van der Waals surface area contributed by atoms with Crippen LogP contribution in [0.5, 0.6) is 0 Å². The molecule has 0 spiro atoms. The number of hydrogen-bond donors (Lipinski definition) is 0. The Bertz CT molecular complexity index is 893. The number of unbranched alkanes of at least 4 members (excludes halogenated alkanes) is 3. The van der Waals surface area contributed by atoms with Crippen molar-refractivity contribution in [1.82, 2.24) is 0 Å². The summed E-state index contributed by atoms with van der Waals surface area (Å²) in [6.07, 6.45) is 7.98. The number of ether oxygens (including phenoxy) is 4. The van der Waals surface area contributed by atoms with E-state index >= 15 is 0 Å².